The number of hydrogen-bond donors (Lipinski definition) is 0. The van der Waals surface area contributed by atoms with E-state index in [2.05, 4.69) is 9.88 Å². The first kappa shape index (κ1) is 21.1. The summed E-state index contributed by atoms with van der Waals surface area (Å²) in [5.41, 5.74) is 2.38. The molecule has 8 heteroatoms. The lowest BCUT2D eigenvalue weighted by atomic mass is 9.71. The van der Waals surface area contributed by atoms with E-state index in [0.29, 0.717) is 12.4 Å². The first-order chi connectivity index (χ1) is 16.6. The van der Waals surface area contributed by atoms with E-state index in [1.165, 1.54) is 0 Å². The summed E-state index contributed by atoms with van der Waals surface area (Å²) in [5.74, 6) is 1.78. The Balaban J connectivity index is 1.13. The van der Waals surface area contributed by atoms with Gasteiger partial charge in [-0.1, -0.05) is 12.1 Å². The van der Waals surface area contributed by atoms with Gasteiger partial charge in [-0.3, -0.25) is 9.78 Å². The molecule has 0 aliphatic carbocycles. The number of furan rings is 1. The molecule has 1 amide bonds. The van der Waals surface area contributed by atoms with Crippen molar-refractivity contribution >= 4 is 28.7 Å². The molecule has 2 unspecified atom stereocenters. The lowest BCUT2D eigenvalue weighted by Gasteiger charge is -2.47. The SMILES string of the molecule is CC1OC(c2ccoc2)=NC1CN1CCCC2(CCN(c3cnc4ccccc4n3)CC2)C1=O. The molecule has 1 spiro atoms. The fraction of sp³-hybridized carbons (Fsp3) is 0.462. The third-order valence-corrected chi connectivity index (χ3v) is 7.60. The monoisotopic (exact) mass is 459 g/mol. The van der Waals surface area contributed by atoms with Crippen molar-refractivity contribution in [2.24, 2.45) is 10.4 Å². The van der Waals surface area contributed by atoms with E-state index in [4.69, 9.17) is 19.1 Å². The molecular weight excluding hydrogens is 430 g/mol. The van der Waals surface area contributed by atoms with Crippen LogP contribution in [0.25, 0.3) is 11.0 Å². The third kappa shape index (κ3) is 3.71. The maximum atomic E-state index is 13.7. The number of carbonyl (C=O) groups is 1. The molecule has 3 aliphatic heterocycles. The van der Waals surface area contributed by atoms with Gasteiger partial charge in [0.15, 0.2) is 0 Å². The summed E-state index contributed by atoms with van der Waals surface area (Å²) in [6, 6.07) is 9.72. The molecule has 0 saturated carbocycles. The van der Waals surface area contributed by atoms with Crippen molar-refractivity contribution < 1.29 is 13.9 Å². The molecule has 176 valence electrons. The molecule has 2 aromatic heterocycles. The Morgan fingerprint density at radius 1 is 1.09 bits per heavy atom. The number of para-hydroxylation sites is 2. The minimum atomic E-state index is -0.279. The predicted octanol–water partition coefficient (Wildman–Crippen LogP) is 3.67. The van der Waals surface area contributed by atoms with Gasteiger partial charge in [0.2, 0.25) is 11.8 Å². The molecule has 3 aromatic rings. The second-order valence-corrected chi connectivity index (χ2v) is 9.68. The minimum absolute atomic E-state index is 0.0584. The van der Waals surface area contributed by atoms with Crippen molar-refractivity contribution in [3.8, 4) is 0 Å². The number of benzene rings is 1. The van der Waals surface area contributed by atoms with Crippen LogP contribution in [0.1, 0.15) is 38.2 Å². The van der Waals surface area contributed by atoms with Crippen LogP contribution >= 0.6 is 0 Å². The zero-order valence-electron chi connectivity index (χ0n) is 19.4. The first-order valence-electron chi connectivity index (χ1n) is 12.1. The molecular formula is C26H29N5O3. The van der Waals surface area contributed by atoms with Gasteiger partial charge in [-0.25, -0.2) is 9.98 Å². The van der Waals surface area contributed by atoms with Crippen LogP contribution in [0.3, 0.4) is 0 Å². The molecule has 1 aromatic carbocycles. The number of aromatic nitrogens is 2. The van der Waals surface area contributed by atoms with E-state index in [1.807, 2.05) is 48.4 Å². The van der Waals surface area contributed by atoms with Gasteiger partial charge in [-0.05, 0) is 50.8 Å². The minimum Gasteiger partial charge on any atom is -0.472 e. The van der Waals surface area contributed by atoms with E-state index in [0.717, 1.165) is 67.7 Å². The van der Waals surface area contributed by atoms with Gasteiger partial charge in [0, 0.05) is 26.2 Å². The number of aliphatic imine (C=N–C) groups is 1. The van der Waals surface area contributed by atoms with Crippen molar-refractivity contribution in [2.45, 2.75) is 44.8 Å². The first-order valence-corrected chi connectivity index (χ1v) is 12.1. The number of carbonyl (C=O) groups excluding carboxylic acids is 1. The van der Waals surface area contributed by atoms with Crippen LogP contribution in [0.5, 0.6) is 0 Å². The number of piperidine rings is 2. The van der Waals surface area contributed by atoms with Gasteiger partial charge >= 0.3 is 0 Å². The van der Waals surface area contributed by atoms with Gasteiger partial charge < -0.3 is 19.0 Å². The van der Waals surface area contributed by atoms with Crippen LogP contribution in [0, 0.1) is 5.41 Å². The summed E-state index contributed by atoms with van der Waals surface area (Å²) < 4.78 is 11.1. The summed E-state index contributed by atoms with van der Waals surface area (Å²) in [5, 5.41) is 0. The Kier molecular flexibility index (Phi) is 5.23. The van der Waals surface area contributed by atoms with Crippen molar-refractivity contribution in [3.63, 3.8) is 0 Å². The third-order valence-electron chi connectivity index (χ3n) is 7.60. The zero-order chi connectivity index (χ0) is 23.1. The molecule has 3 aliphatic rings. The maximum absolute atomic E-state index is 13.7. The number of amides is 1. The topological polar surface area (TPSA) is 84.1 Å². The van der Waals surface area contributed by atoms with E-state index in [9.17, 15) is 4.79 Å². The predicted molar refractivity (Wildman–Crippen MR) is 129 cm³/mol. The highest BCUT2D eigenvalue weighted by molar-refractivity contribution is 5.95. The number of rotatable bonds is 4. The molecule has 0 N–H and O–H groups in total. The van der Waals surface area contributed by atoms with E-state index in [-0.39, 0.29) is 23.5 Å². The number of anilines is 1. The molecule has 0 bridgehead atoms. The Bertz CT molecular complexity index is 1220. The lowest BCUT2D eigenvalue weighted by Crippen LogP contribution is -2.55. The number of fused-ring (bicyclic) bond motifs is 1. The summed E-state index contributed by atoms with van der Waals surface area (Å²) in [7, 11) is 0. The van der Waals surface area contributed by atoms with Crippen molar-refractivity contribution in [1.82, 2.24) is 14.9 Å². The summed E-state index contributed by atoms with van der Waals surface area (Å²) in [6.45, 7) is 5.05. The molecule has 2 saturated heterocycles. The van der Waals surface area contributed by atoms with Crippen LogP contribution in [-0.4, -0.2) is 65.0 Å². The van der Waals surface area contributed by atoms with Gasteiger partial charge in [-0.15, -0.1) is 0 Å². The molecule has 0 radical (unpaired) electrons. The number of nitrogens with zero attached hydrogens (tertiary/aromatic N) is 5. The Morgan fingerprint density at radius 2 is 1.91 bits per heavy atom. The smallest absolute Gasteiger partial charge is 0.228 e. The average Bonchev–Trinajstić information content (AvgIpc) is 3.53. The summed E-state index contributed by atoms with van der Waals surface area (Å²) in [6.07, 6.45) is 8.72. The van der Waals surface area contributed by atoms with Crippen molar-refractivity contribution in [1.29, 1.82) is 0 Å². The molecule has 5 heterocycles. The van der Waals surface area contributed by atoms with Crippen molar-refractivity contribution in [2.75, 3.05) is 31.1 Å². The van der Waals surface area contributed by atoms with Gasteiger partial charge in [0.25, 0.3) is 0 Å². The van der Waals surface area contributed by atoms with Crippen LogP contribution < -0.4 is 4.90 Å². The summed E-state index contributed by atoms with van der Waals surface area (Å²) in [4.78, 5) is 32.1. The van der Waals surface area contributed by atoms with Gasteiger partial charge in [0.1, 0.15) is 24.2 Å². The Hall–Kier alpha value is -3.42. The fourth-order valence-electron chi connectivity index (χ4n) is 5.54. The Morgan fingerprint density at radius 3 is 2.71 bits per heavy atom. The highest BCUT2D eigenvalue weighted by atomic mass is 16.5. The molecule has 8 nitrogen and oxygen atoms in total. The van der Waals surface area contributed by atoms with Crippen LogP contribution in [0.15, 0.2) is 58.5 Å². The van der Waals surface area contributed by atoms with Gasteiger partial charge in [-0.2, -0.15) is 0 Å². The largest absolute Gasteiger partial charge is 0.472 e. The molecule has 6 rings (SSSR count). The average molecular weight is 460 g/mol. The molecule has 34 heavy (non-hydrogen) atoms. The maximum Gasteiger partial charge on any atom is 0.228 e. The van der Waals surface area contributed by atoms with Crippen molar-refractivity contribution in [3.05, 3.63) is 54.6 Å². The van der Waals surface area contributed by atoms with E-state index in [1.54, 1.807) is 12.5 Å². The highest BCUT2D eigenvalue weighted by Crippen LogP contribution is 2.42. The second kappa shape index (κ2) is 8.42. The van der Waals surface area contributed by atoms with E-state index < -0.39 is 0 Å². The van der Waals surface area contributed by atoms with Crippen LogP contribution in [-0.2, 0) is 9.53 Å². The standard InChI is InChI=1S/C26H29N5O3/c1-18-22(29-24(34-18)19-7-14-33-17-19)16-31-11-4-8-26(25(31)32)9-12-30(13-10-26)23-15-27-20-5-2-3-6-21(20)28-23/h2-3,5-7,14-15,17-18,22H,4,8-13,16H2,1H3. The number of ether oxygens (including phenoxy) is 1. The van der Waals surface area contributed by atoms with Crippen LogP contribution in [0.2, 0.25) is 0 Å². The normalized spacial score (nSPS) is 24.5. The Labute approximate surface area is 198 Å². The second-order valence-electron chi connectivity index (χ2n) is 9.68. The zero-order valence-corrected chi connectivity index (χ0v) is 19.4. The van der Waals surface area contributed by atoms with Crippen LogP contribution in [0.4, 0.5) is 5.82 Å². The molecule has 2 atom stereocenters. The fourth-order valence-corrected chi connectivity index (χ4v) is 5.54. The van der Waals surface area contributed by atoms with Gasteiger partial charge in [0.05, 0.1) is 34.5 Å². The molecule has 2 fully saturated rings. The number of likely N-dealkylation sites (tertiary alicyclic amines) is 1. The highest BCUT2D eigenvalue weighted by Gasteiger charge is 2.46. The van der Waals surface area contributed by atoms with E-state index >= 15 is 0 Å². The quantitative estimate of drug-likeness (QED) is 0.592. The number of hydrogen-bond acceptors (Lipinski definition) is 7. The lowest BCUT2D eigenvalue weighted by molar-refractivity contribution is -0.148. The summed E-state index contributed by atoms with van der Waals surface area (Å²) >= 11 is 0.